The third-order valence-electron chi connectivity index (χ3n) is 3.29. The van der Waals surface area contributed by atoms with Crippen molar-refractivity contribution in [3.8, 4) is 11.4 Å². The van der Waals surface area contributed by atoms with Crippen molar-refractivity contribution in [1.82, 2.24) is 9.55 Å². The number of fused-ring (bicyclic) bond motifs is 1. The summed E-state index contributed by atoms with van der Waals surface area (Å²) in [7, 11) is 0. The van der Waals surface area contributed by atoms with Crippen LogP contribution < -0.4 is 21.6 Å². The highest BCUT2D eigenvalue weighted by Gasteiger charge is 2.12. The number of rotatable bonds is 4. The number of ether oxygens (including phenoxy) is 1. The van der Waals surface area contributed by atoms with Crippen LogP contribution >= 0.6 is 0 Å². The summed E-state index contributed by atoms with van der Waals surface area (Å²) < 4.78 is 6.92. The molecule has 0 aliphatic rings. The maximum absolute atomic E-state index is 12.8. The molecule has 0 saturated heterocycles. The van der Waals surface area contributed by atoms with Crippen LogP contribution in [0.2, 0.25) is 0 Å². The fourth-order valence-corrected chi connectivity index (χ4v) is 2.35. The molecule has 0 fully saturated rings. The van der Waals surface area contributed by atoms with Crippen LogP contribution in [-0.4, -0.2) is 16.2 Å². The third-order valence-corrected chi connectivity index (χ3v) is 3.29. The Bertz CT molecular complexity index is 873. The van der Waals surface area contributed by atoms with E-state index in [4.69, 9.17) is 10.6 Å². The number of benzene rings is 2. The first-order valence-corrected chi connectivity index (χ1v) is 6.96. The van der Waals surface area contributed by atoms with Crippen molar-refractivity contribution in [3.63, 3.8) is 0 Å². The van der Waals surface area contributed by atoms with Gasteiger partial charge in [0.2, 0.25) is 5.95 Å². The molecule has 6 nitrogen and oxygen atoms in total. The highest BCUT2D eigenvalue weighted by molar-refractivity contribution is 5.79. The summed E-state index contributed by atoms with van der Waals surface area (Å²) in [4.78, 5) is 17.2. The minimum Gasteiger partial charge on any atom is -0.494 e. The van der Waals surface area contributed by atoms with Gasteiger partial charge in [0.05, 0.1) is 23.2 Å². The number of para-hydroxylation sites is 1. The topological polar surface area (TPSA) is 82.2 Å². The van der Waals surface area contributed by atoms with Gasteiger partial charge in [-0.3, -0.25) is 10.2 Å². The Balaban J connectivity index is 2.27. The molecule has 0 spiro atoms. The molecule has 0 saturated carbocycles. The van der Waals surface area contributed by atoms with E-state index >= 15 is 0 Å². The van der Waals surface area contributed by atoms with E-state index in [1.807, 2.05) is 31.2 Å². The number of nitrogens with two attached hydrogens (primary N) is 1. The third kappa shape index (κ3) is 2.40. The average Bonchev–Trinajstić information content (AvgIpc) is 2.55. The summed E-state index contributed by atoms with van der Waals surface area (Å²) in [6.07, 6.45) is 0. The Morgan fingerprint density at radius 2 is 2.05 bits per heavy atom. The molecule has 0 aliphatic heterocycles. The van der Waals surface area contributed by atoms with E-state index in [0.29, 0.717) is 28.9 Å². The first-order valence-electron chi connectivity index (χ1n) is 6.96. The molecule has 0 amide bonds. The second kappa shape index (κ2) is 5.87. The van der Waals surface area contributed by atoms with Gasteiger partial charge < -0.3 is 4.74 Å². The molecule has 3 N–H and O–H groups in total. The quantitative estimate of drug-likeness (QED) is 0.569. The predicted octanol–water partition coefficient (Wildman–Crippen LogP) is 2.07. The smallest absolute Gasteiger partial charge is 0.267 e. The number of aromatic nitrogens is 2. The molecule has 0 atom stereocenters. The van der Waals surface area contributed by atoms with Gasteiger partial charge in [0, 0.05) is 6.07 Å². The molecule has 3 rings (SSSR count). The van der Waals surface area contributed by atoms with Crippen LogP contribution in [0.15, 0.2) is 53.3 Å². The minimum absolute atomic E-state index is 0.188. The minimum atomic E-state index is -0.188. The van der Waals surface area contributed by atoms with Crippen molar-refractivity contribution in [2.45, 2.75) is 6.92 Å². The molecule has 0 unspecified atom stereocenters. The Morgan fingerprint density at radius 3 is 2.82 bits per heavy atom. The van der Waals surface area contributed by atoms with Crippen LogP contribution in [-0.2, 0) is 0 Å². The van der Waals surface area contributed by atoms with Crippen LogP contribution in [0.1, 0.15) is 6.92 Å². The number of hydrogen-bond acceptors (Lipinski definition) is 5. The molecule has 0 radical (unpaired) electrons. The number of nitrogens with zero attached hydrogens (tertiary/aromatic N) is 2. The summed E-state index contributed by atoms with van der Waals surface area (Å²) >= 11 is 0. The standard InChI is InChI=1S/C16H16N4O2/c1-2-22-12-7-5-6-11(10-12)20-15(21)13-8-3-4-9-14(13)18-16(20)19-17/h3-10H,2,17H2,1H3,(H,18,19). The highest BCUT2D eigenvalue weighted by atomic mass is 16.5. The summed E-state index contributed by atoms with van der Waals surface area (Å²) in [5, 5.41) is 0.531. The van der Waals surface area contributed by atoms with Gasteiger partial charge in [0.25, 0.3) is 5.56 Å². The van der Waals surface area contributed by atoms with Crippen molar-refractivity contribution in [2.24, 2.45) is 5.84 Å². The van der Waals surface area contributed by atoms with Crippen molar-refractivity contribution >= 4 is 16.9 Å². The van der Waals surface area contributed by atoms with Crippen molar-refractivity contribution < 1.29 is 4.74 Å². The Hall–Kier alpha value is -2.86. The zero-order chi connectivity index (χ0) is 15.5. The molecular formula is C16H16N4O2. The molecule has 1 heterocycles. The first kappa shape index (κ1) is 14.1. The van der Waals surface area contributed by atoms with E-state index in [9.17, 15) is 4.79 Å². The van der Waals surface area contributed by atoms with Gasteiger partial charge in [-0.1, -0.05) is 18.2 Å². The van der Waals surface area contributed by atoms with E-state index in [0.717, 1.165) is 0 Å². The van der Waals surface area contributed by atoms with E-state index in [1.165, 1.54) is 4.57 Å². The van der Waals surface area contributed by atoms with Crippen LogP contribution in [0.3, 0.4) is 0 Å². The van der Waals surface area contributed by atoms with Gasteiger partial charge in [-0.2, -0.15) is 0 Å². The summed E-state index contributed by atoms with van der Waals surface area (Å²) in [5.41, 5.74) is 3.54. The Labute approximate surface area is 127 Å². The Kier molecular flexibility index (Phi) is 3.76. The largest absolute Gasteiger partial charge is 0.494 e. The SMILES string of the molecule is CCOc1cccc(-n2c(NN)nc3ccccc3c2=O)c1. The lowest BCUT2D eigenvalue weighted by Crippen LogP contribution is -2.26. The van der Waals surface area contributed by atoms with Gasteiger partial charge >= 0.3 is 0 Å². The first-order chi connectivity index (χ1) is 10.7. The maximum atomic E-state index is 12.8. The summed E-state index contributed by atoms with van der Waals surface area (Å²) in [5.74, 6) is 6.50. The van der Waals surface area contributed by atoms with E-state index in [1.54, 1.807) is 24.3 Å². The van der Waals surface area contributed by atoms with Gasteiger partial charge in [-0.05, 0) is 31.2 Å². The molecule has 3 aromatic rings. The highest BCUT2D eigenvalue weighted by Crippen LogP contribution is 2.19. The number of nitrogen functional groups attached to an aromatic ring is 1. The Morgan fingerprint density at radius 1 is 1.23 bits per heavy atom. The lowest BCUT2D eigenvalue weighted by molar-refractivity contribution is 0.340. The molecule has 2 aromatic carbocycles. The van der Waals surface area contributed by atoms with Gasteiger partial charge in [0.1, 0.15) is 5.75 Å². The second-order valence-electron chi connectivity index (χ2n) is 4.67. The predicted molar refractivity (Wildman–Crippen MR) is 86.3 cm³/mol. The van der Waals surface area contributed by atoms with E-state index in [-0.39, 0.29) is 11.5 Å². The van der Waals surface area contributed by atoms with Crippen molar-refractivity contribution in [2.75, 3.05) is 12.0 Å². The number of anilines is 1. The lowest BCUT2D eigenvalue weighted by atomic mass is 10.2. The van der Waals surface area contributed by atoms with Crippen LogP contribution in [0, 0.1) is 0 Å². The molecule has 0 aliphatic carbocycles. The molecule has 0 bridgehead atoms. The lowest BCUT2D eigenvalue weighted by Gasteiger charge is -2.13. The van der Waals surface area contributed by atoms with Crippen molar-refractivity contribution in [3.05, 3.63) is 58.9 Å². The van der Waals surface area contributed by atoms with E-state index in [2.05, 4.69) is 10.4 Å². The fraction of sp³-hybridized carbons (Fsp3) is 0.125. The number of hydrazine groups is 1. The maximum Gasteiger partial charge on any atom is 0.267 e. The van der Waals surface area contributed by atoms with Crippen LogP contribution in [0.5, 0.6) is 5.75 Å². The van der Waals surface area contributed by atoms with Crippen molar-refractivity contribution in [1.29, 1.82) is 0 Å². The fourth-order valence-electron chi connectivity index (χ4n) is 2.35. The second-order valence-corrected chi connectivity index (χ2v) is 4.67. The van der Waals surface area contributed by atoms with Gasteiger partial charge in [-0.25, -0.2) is 15.4 Å². The van der Waals surface area contributed by atoms with E-state index < -0.39 is 0 Å². The average molecular weight is 296 g/mol. The summed E-state index contributed by atoms with van der Waals surface area (Å²) in [6.45, 7) is 2.46. The molecular weight excluding hydrogens is 280 g/mol. The monoisotopic (exact) mass is 296 g/mol. The van der Waals surface area contributed by atoms with Crippen LogP contribution in [0.4, 0.5) is 5.95 Å². The zero-order valence-corrected chi connectivity index (χ0v) is 12.1. The van der Waals surface area contributed by atoms with Gasteiger partial charge in [-0.15, -0.1) is 0 Å². The number of hydrogen-bond donors (Lipinski definition) is 2. The molecule has 112 valence electrons. The zero-order valence-electron chi connectivity index (χ0n) is 12.1. The number of nitrogens with one attached hydrogen (secondary N) is 1. The molecule has 6 heteroatoms. The van der Waals surface area contributed by atoms with Gasteiger partial charge in [0.15, 0.2) is 0 Å². The molecule has 1 aromatic heterocycles. The summed E-state index contributed by atoms with van der Waals surface area (Å²) in [6, 6.07) is 14.4. The van der Waals surface area contributed by atoms with Crippen LogP contribution in [0.25, 0.3) is 16.6 Å². The normalized spacial score (nSPS) is 10.6. The molecule has 22 heavy (non-hydrogen) atoms.